The Bertz CT molecular complexity index is 1190. The molecule has 0 aromatic heterocycles. The van der Waals surface area contributed by atoms with Crippen molar-refractivity contribution < 1.29 is 18.7 Å². The molecule has 0 saturated heterocycles. The molecule has 1 N–H and O–H groups in total. The summed E-state index contributed by atoms with van der Waals surface area (Å²) in [6, 6.07) is 21.5. The van der Waals surface area contributed by atoms with Gasteiger partial charge in [-0.05, 0) is 65.8 Å². The lowest BCUT2D eigenvalue weighted by Crippen LogP contribution is -2.41. The molecule has 1 fully saturated rings. The number of hydrogen-bond donors (Lipinski definition) is 1. The lowest BCUT2D eigenvalue weighted by Gasteiger charge is -2.38. The van der Waals surface area contributed by atoms with Gasteiger partial charge in [0.25, 0.3) is 5.91 Å². The maximum atomic E-state index is 14.1. The van der Waals surface area contributed by atoms with E-state index in [-0.39, 0.29) is 36.2 Å². The van der Waals surface area contributed by atoms with E-state index in [2.05, 4.69) is 5.32 Å². The van der Waals surface area contributed by atoms with Crippen LogP contribution in [0.15, 0.2) is 72.8 Å². The van der Waals surface area contributed by atoms with Crippen LogP contribution in [0.3, 0.4) is 0 Å². The second-order valence-corrected chi connectivity index (χ2v) is 8.93. The van der Waals surface area contributed by atoms with Gasteiger partial charge in [-0.2, -0.15) is 0 Å². The lowest BCUT2D eigenvalue weighted by molar-refractivity contribution is -0.134. The number of rotatable bonds is 7. The molecular weight excluding hydrogens is 431 g/mol. The van der Waals surface area contributed by atoms with Crippen LogP contribution in [0.25, 0.3) is 0 Å². The van der Waals surface area contributed by atoms with Gasteiger partial charge in [0.15, 0.2) is 6.61 Å². The van der Waals surface area contributed by atoms with Gasteiger partial charge in [-0.1, -0.05) is 48.5 Å². The smallest absolute Gasteiger partial charge is 0.258 e. The van der Waals surface area contributed by atoms with Crippen molar-refractivity contribution in [3.05, 3.63) is 101 Å². The number of nitrogens with zero attached hydrogens (tertiary/aromatic N) is 1. The molecule has 1 atom stereocenters. The molecule has 1 aliphatic carbocycles. The number of ether oxygens (including phenoxy) is 1. The van der Waals surface area contributed by atoms with E-state index in [4.69, 9.17) is 4.74 Å². The van der Waals surface area contributed by atoms with E-state index in [0.29, 0.717) is 18.8 Å². The highest BCUT2D eigenvalue weighted by molar-refractivity contribution is 5.82. The van der Waals surface area contributed by atoms with E-state index in [9.17, 15) is 14.0 Å². The van der Waals surface area contributed by atoms with Gasteiger partial charge in [-0.25, -0.2) is 4.39 Å². The summed E-state index contributed by atoms with van der Waals surface area (Å²) < 4.78 is 19.9. The van der Waals surface area contributed by atoms with Gasteiger partial charge in [0, 0.05) is 19.0 Å². The predicted octanol–water partition coefficient (Wildman–Crippen LogP) is 4.41. The Morgan fingerprint density at radius 2 is 1.82 bits per heavy atom. The van der Waals surface area contributed by atoms with E-state index >= 15 is 0 Å². The lowest BCUT2D eigenvalue weighted by atomic mass is 9.87. The molecule has 0 bridgehead atoms. The summed E-state index contributed by atoms with van der Waals surface area (Å²) in [4.78, 5) is 27.3. The van der Waals surface area contributed by atoms with E-state index in [1.54, 1.807) is 6.07 Å². The predicted molar refractivity (Wildman–Crippen MR) is 127 cm³/mol. The van der Waals surface area contributed by atoms with Gasteiger partial charge in [-0.3, -0.25) is 9.59 Å². The van der Waals surface area contributed by atoms with Crippen LogP contribution < -0.4 is 10.1 Å². The third-order valence-corrected chi connectivity index (χ3v) is 6.42. The summed E-state index contributed by atoms with van der Waals surface area (Å²) in [7, 11) is 0. The first-order valence-electron chi connectivity index (χ1n) is 11.7. The largest absolute Gasteiger partial charge is 0.484 e. The second kappa shape index (κ2) is 9.67. The van der Waals surface area contributed by atoms with Gasteiger partial charge < -0.3 is 15.0 Å². The van der Waals surface area contributed by atoms with E-state index in [1.807, 2.05) is 59.5 Å². The van der Waals surface area contributed by atoms with Crippen LogP contribution in [0, 0.1) is 11.7 Å². The van der Waals surface area contributed by atoms with Gasteiger partial charge in [0.1, 0.15) is 11.6 Å². The molecule has 1 aliphatic heterocycles. The summed E-state index contributed by atoms with van der Waals surface area (Å²) in [5.74, 6) is 0.215. The highest BCUT2D eigenvalue weighted by Gasteiger charge is 2.39. The summed E-state index contributed by atoms with van der Waals surface area (Å²) in [5, 5.41) is 2.86. The van der Waals surface area contributed by atoms with Crippen molar-refractivity contribution in [3.63, 3.8) is 0 Å². The second-order valence-electron chi connectivity index (χ2n) is 8.93. The number of hydrogen-bond acceptors (Lipinski definition) is 3. The Morgan fingerprint density at radius 3 is 2.59 bits per heavy atom. The summed E-state index contributed by atoms with van der Waals surface area (Å²) in [5.41, 5.74) is 3.79. The van der Waals surface area contributed by atoms with Gasteiger partial charge >= 0.3 is 0 Å². The first-order valence-corrected chi connectivity index (χ1v) is 11.7. The number of carbonyl (C=O) groups is 2. The minimum absolute atomic E-state index is 0.0744. The fourth-order valence-corrected chi connectivity index (χ4v) is 4.52. The molecule has 2 aliphatic rings. The maximum Gasteiger partial charge on any atom is 0.258 e. The minimum atomic E-state index is -0.372. The molecule has 1 heterocycles. The van der Waals surface area contributed by atoms with Crippen LogP contribution in [0.2, 0.25) is 0 Å². The number of halogens is 1. The van der Waals surface area contributed by atoms with Crippen LogP contribution in [0.5, 0.6) is 5.75 Å². The number of nitrogens with one attached hydrogen (secondary N) is 1. The minimum Gasteiger partial charge on any atom is -0.484 e. The quantitative estimate of drug-likeness (QED) is 0.571. The third-order valence-electron chi connectivity index (χ3n) is 6.42. The molecule has 1 saturated carbocycles. The molecule has 0 spiro atoms. The molecule has 0 radical (unpaired) electrons. The molecule has 5 nitrogen and oxygen atoms in total. The molecule has 5 rings (SSSR count). The Labute approximate surface area is 198 Å². The van der Waals surface area contributed by atoms with Crippen LogP contribution >= 0.6 is 0 Å². The van der Waals surface area contributed by atoms with Crippen LogP contribution in [0.1, 0.15) is 41.1 Å². The van der Waals surface area contributed by atoms with Crippen molar-refractivity contribution >= 4 is 11.8 Å². The first-order chi connectivity index (χ1) is 16.6. The Balaban J connectivity index is 1.34. The zero-order valence-corrected chi connectivity index (χ0v) is 18.9. The summed E-state index contributed by atoms with van der Waals surface area (Å²) in [6.07, 6.45) is 2.57. The van der Waals surface area contributed by atoms with E-state index < -0.39 is 0 Å². The fraction of sp³-hybridized carbons (Fsp3) is 0.286. The third kappa shape index (κ3) is 4.96. The highest BCUT2D eigenvalue weighted by atomic mass is 19.1. The molecule has 2 amide bonds. The Morgan fingerprint density at radius 1 is 1.00 bits per heavy atom. The zero-order valence-electron chi connectivity index (χ0n) is 18.9. The molecule has 34 heavy (non-hydrogen) atoms. The number of carbonyl (C=O) groups excluding carboxylic acids is 2. The molecular formula is C28H27FN2O3. The average Bonchev–Trinajstić information content (AvgIpc) is 3.71. The van der Waals surface area contributed by atoms with Crippen molar-refractivity contribution in [3.8, 4) is 5.75 Å². The normalized spacial score (nSPS) is 17.1. The number of benzene rings is 3. The first kappa shape index (κ1) is 22.1. The Hall–Kier alpha value is -3.67. The van der Waals surface area contributed by atoms with Gasteiger partial charge in [0.2, 0.25) is 5.91 Å². The van der Waals surface area contributed by atoms with Crippen molar-refractivity contribution in [2.45, 2.75) is 31.8 Å². The van der Waals surface area contributed by atoms with Crippen molar-refractivity contribution in [1.82, 2.24) is 10.2 Å². The maximum absolute atomic E-state index is 14.1. The van der Waals surface area contributed by atoms with Crippen LogP contribution in [-0.4, -0.2) is 29.9 Å². The van der Waals surface area contributed by atoms with Crippen molar-refractivity contribution in [1.29, 1.82) is 0 Å². The number of amides is 2. The Kier molecular flexibility index (Phi) is 6.30. The van der Waals surface area contributed by atoms with Gasteiger partial charge in [-0.15, -0.1) is 0 Å². The highest BCUT2D eigenvalue weighted by Crippen LogP contribution is 2.41. The fourth-order valence-electron chi connectivity index (χ4n) is 4.52. The van der Waals surface area contributed by atoms with Crippen LogP contribution in [0.4, 0.5) is 4.39 Å². The summed E-state index contributed by atoms with van der Waals surface area (Å²) >= 11 is 0. The zero-order chi connectivity index (χ0) is 23.5. The van der Waals surface area contributed by atoms with Crippen molar-refractivity contribution in [2.75, 3.05) is 13.2 Å². The standard InChI is InChI=1S/C28H27FN2O3/c29-23-8-4-7-22(15-23)27-25-16-24(34-18-26(32)30-17-19-5-2-1-3-6-19)12-11-20(25)13-14-31(27)28(33)21-9-10-21/h1-8,11-12,15-16,21,27H,9-10,13-14,17-18H2,(H,30,32)/t27-/m1/s1. The van der Waals surface area contributed by atoms with E-state index in [1.165, 1.54) is 12.1 Å². The topological polar surface area (TPSA) is 58.6 Å². The number of fused-ring (bicyclic) bond motifs is 1. The average molecular weight is 459 g/mol. The van der Waals surface area contributed by atoms with Gasteiger partial charge in [0.05, 0.1) is 6.04 Å². The molecule has 3 aromatic rings. The monoisotopic (exact) mass is 458 g/mol. The molecule has 6 heteroatoms. The van der Waals surface area contributed by atoms with Crippen LogP contribution in [-0.2, 0) is 22.6 Å². The SMILES string of the molecule is O=C(COc1ccc2c(c1)[C@@H](c1cccc(F)c1)N(C(=O)C1CC1)CC2)NCc1ccccc1. The molecule has 3 aromatic carbocycles. The van der Waals surface area contributed by atoms with E-state index in [0.717, 1.165) is 41.5 Å². The molecule has 174 valence electrons. The molecule has 0 unspecified atom stereocenters. The van der Waals surface area contributed by atoms with Crippen molar-refractivity contribution in [2.24, 2.45) is 5.92 Å². The summed E-state index contributed by atoms with van der Waals surface area (Å²) in [6.45, 7) is 0.930.